The minimum absolute atomic E-state index is 0.113. The van der Waals surface area contributed by atoms with Crippen molar-refractivity contribution < 1.29 is 4.39 Å². The van der Waals surface area contributed by atoms with E-state index < -0.39 is 5.82 Å². The summed E-state index contributed by atoms with van der Waals surface area (Å²) in [6.07, 6.45) is 2.45. The highest BCUT2D eigenvalue weighted by atomic mass is 35.5. The number of hydrogen-bond acceptors (Lipinski definition) is 4. The van der Waals surface area contributed by atoms with Crippen LogP contribution in [0.1, 0.15) is 16.5 Å². The summed E-state index contributed by atoms with van der Waals surface area (Å²) in [4.78, 5) is 5.08. The molecule has 1 aromatic heterocycles. The van der Waals surface area contributed by atoms with Crippen LogP contribution in [0.4, 0.5) is 4.39 Å². The van der Waals surface area contributed by atoms with Crippen LogP contribution in [0, 0.1) is 5.82 Å². The van der Waals surface area contributed by atoms with Crippen LogP contribution in [0.3, 0.4) is 0 Å². The number of benzene rings is 1. The first-order valence-electron chi connectivity index (χ1n) is 4.99. The second-order valence-electron chi connectivity index (χ2n) is 3.56. The van der Waals surface area contributed by atoms with Gasteiger partial charge in [-0.15, -0.1) is 11.3 Å². The lowest BCUT2D eigenvalue weighted by atomic mass is 10.0. The van der Waals surface area contributed by atoms with E-state index in [2.05, 4.69) is 10.4 Å². The van der Waals surface area contributed by atoms with Crippen LogP contribution < -0.4 is 11.3 Å². The molecule has 17 heavy (non-hydrogen) atoms. The standard InChI is InChI=1S/C11H11ClFN3S/c12-9-2-1-7(3-10(9)13)11(16-14)4-8-5-15-6-17-8/h1-3,5-6,11,16H,4,14H2. The van der Waals surface area contributed by atoms with Gasteiger partial charge in [0.2, 0.25) is 0 Å². The molecule has 2 rings (SSSR count). The Hall–Kier alpha value is -1.01. The van der Waals surface area contributed by atoms with Crippen molar-refractivity contribution in [3.8, 4) is 0 Å². The summed E-state index contributed by atoms with van der Waals surface area (Å²) in [6, 6.07) is 4.54. The number of hydrazine groups is 1. The molecule has 3 nitrogen and oxygen atoms in total. The molecule has 1 heterocycles. The van der Waals surface area contributed by atoms with E-state index >= 15 is 0 Å². The van der Waals surface area contributed by atoms with Gasteiger partial charge in [0.25, 0.3) is 0 Å². The molecule has 0 saturated heterocycles. The van der Waals surface area contributed by atoms with Gasteiger partial charge in [0.1, 0.15) is 5.82 Å². The molecule has 3 N–H and O–H groups in total. The minimum Gasteiger partial charge on any atom is -0.271 e. The molecule has 0 bridgehead atoms. The lowest BCUT2D eigenvalue weighted by Gasteiger charge is -2.15. The third kappa shape index (κ3) is 3.01. The Morgan fingerprint density at radius 3 is 2.94 bits per heavy atom. The highest BCUT2D eigenvalue weighted by Gasteiger charge is 2.13. The second kappa shape index (κ2) is 5.55. The van der Waals surface area contributed by atoms with E-state index in [1.54, 1.807) is 29.1 Å². The number of thiazole rings is 1. The quantitative estimate of drug-likeness (QED) is 0.664. The summed E-state index contributed by atoms with van der Waals surface area (Å²) in [5.41, 5.74) is 5.19. The van der Waals surface area contributed by atoms with Crippen LogP contribution in [0.25, 0.3) is 0 Å². The number of rotatable bonds is 4. The SMILES string of the molecule is NNC(Cc1cncs1)c1ccc(Cl)c(F)c1. The molecule has 0 radical (unpaired) electrons. The van der Waals surface area contributed by atoms with E-state index in [-0.39, 0.29) is 11.1 Å². The Bertz CT molecular complexity index is 489. The van der Waals surface area contributed by atoms with E-state index in [9.17, 15) is 4.39 Å². The van der Waals surface area contributed by atoms with Gasteiger partial charge in [-0.1, -0.05) is 17.7 Å². The summed E-state index contributed by atoms with van der Waals surface area (Å²) in [7, 11) is 0. The fourth-order valence-electron chi connectivity index (χ4n) is 1.55. The number of hydrogen-bond donors (Lipinski definition) is 2. The molecular weight excluding hydrogens is 261 g/mol. The van der Waals surface area contributed by atoms with Crippen molar-refractivity contribution >= 4 is 22.9 Å². The van der Waals surface area contributed by atoms with Crippen LogP contribution in [0.2, 0.25) is 5.02 Å². The molecular formula is C11H11ClFN3S. The lowest BCUT2D eigenvalue weighted by Crippen LogP contribution is -2.29. The summed E-state index contributed by atoms with van der Waals surface area (Å²) >= 11 is 7.18. The molecule has 6 heteroatoms. The molecule has 2 aromatic rings. The lowest BCUT2D eigenvalue weighted by molar-refractivity contribution is 0.547. The van der Waals surface area contributed by atoms with E-state index in [0.29, 0.717) is 6.42 Å². The molecule has 0 spiro atoms. The van der Waals surface area contributed by atoms with Crippen LogP contribution >= 0.6 is 22.9 Å². The topological polar surface area (TPSA) is 50.9 Å². The van der Waals surface area contributed by atoms with Gasteiger partial charge < -0.3 is 0 Å². The molecule has 0 aliphatic heterocycles. The third-order valence-corrected chi connectivity index (χ3v) is 3.54. The van der Waals surface area contributed by atoms with E-state index in [1.165, 1.54) is 12.1 Å². The van der Waals surface area contributed by atoms with Gasteiger partial charge in [-0.3, -0.25) is 16.3 Å². The molecule has 0 fully saturated rings. The van der Waals surface area contributed by atoms with Crippen molar-refractivity contribution in [2.24, 2.45) is 5.84 Å². The van der Waals surface area contributed by atoms with Crippen molar-refractivity contribution in [2.75, 3.05) is 0 Å². The van der Waals surface area contributed by atoms with Crippen LogP contribution in [-0.2, 0) is 6.42 Å². The average molecular weight is 272 g/mol. The Kier molecular flexibility index (Phi) is 4.06. The van der Waals surface area contributed by atoms with Gasteiger partial charge in [0.05, 0.1) is 16.6 Å². The number of halogens is 2. The van der Waals surface area contributed by atoms with Gasteiger partial charge in [0.15, 0.2) is 0 Å². The minimum atomic E-state index is -0.436. The van der Waals surface area contributed by atoms with Crippen molar-refractivity contribution in [3.05, 3.63) is 51.2 Å². The number of aromatic nitrogens is 1. The second-order valence-corrected chi connectivity index (χ2v) is 4.94. The predicted octanol–water partition coefficient (Wildman–Crippen LogP) is 2.68. The predicted molar refractivity (Wildman–Crippen MR) is 67.3 cm³/mol. The molecule has 0 amide bonds. The first-order valence-corrected chi connectivity index (χ1v) is 6.25. The maximum atomic E-state index is 13.3. The summed E-state index contributed by atoms with van der Waals surface area (Å²) in [6.45, 7) is 0. The fourth-order valence-corrected chi connectivity index (χ4v) is 2.31. The van der Waals surface area contributed by atoms with Gasteiger partial charge in [-0.05, 0) is 17.7 Å². The highest BCUT2D eigenvalue weighted by molar-refractivity contribution is 7.09. The highest BCUT2D eigenvalue weighted by Crippen LogP contribution is 2.23. The van der Waals surface area contributed by atoms with Gasteiger partial charge in [-0.2, -0.15) is 0 Å². The fraction of sp³-hybridized carbons (Fsp3) is 0.182. The molecule has 1 unspecified atom stereocenters. The van der Waals surface area contributed by atoms with Crippen LogP contribution in [-0.4, -0.2) is 4.98 Å². The van der Waals surface area contributed by atoms with Crippen LogP contribution in [0.15, 0.2) is 29.9 Å². The Morgan fingerprint density at radius 1 is 1.53 bits per heavy atom. The number of nitrogens with zero attached hydrogens (tertiary/aromatic N) is 1. The van der Waals surface area contributed by atoms with Gasteiger partial charge in [0, 0.05) is 17.5 Å². The Labute approximate surface area is 107 Å². The first-order chi connectivity index (χ1) is 8.20. The molecule has 0 saturated carbocycles. The van der Waals surface area contributed by atoms with E-state index in [4.69, 9.17) is 17.4 Å². The number of nitrogens with one attached hydrogen (secondary N) is 1. The maximum absolute atomic E-state index is 13.3. The molecule has 1 aromatic carbocycles. The zero-order valence-corrected chi connectivity index (χ0v) is 10.4. The molecule has 0 aliphatic carbocycles. The summed E-state index contributed by atoms with van der Waals surface area (Å²) in [5.74, 6) is 5.05. The van der Waals surface area contributed by atoms with E-state index in [0.717, 1.165) is 10.4 Å². The Balaban J connectivity index is 2.20. The van der Waals surface area contributed by atoms with Crippen molar-refractivity contribution in [3.63, 3.8) is 0 Å². The molecule has 90 valence electrons. The van der Waals surface area contributed by atoms with Gasteiger partial charge in [-0.25, -0.2) is 4.39 Å². The van der Waals surface area contributed by atoms with Crippen molar-refractivity contribution in [2.45, 2.75) is 12.5 Å². The smallest absolute Gasteiger partial charge is 0.142 e. The van der Waals surface area contributed by atoms with Crippen LogP contribution in [0.5, 0.6) is 0 Å². The zero-order chi connectivity index (χ0) is 12.3. The van der Waals surface area contributed by atoms with Crippen molar-refractivity contribution in [1.29, 1.82) is 0 Å². The zero-order valence-electron chi connectivity index (χ0n) is 8.86. The summed E-state index contributed by atoms with van der Waals surface area (Å²) < 4.78 is 13.3. The normalized spacial score (nSPS) is 12.6. The van der Waals surface area contributed by atoms with Gasteiger partial charge >= 0.3 is 0 Å². The monoisotopic (exact) mass is 271 g/mol. The average Bonchev–Trinajstić information content (AvgIpc) is 2.82. The molecule has 1 atom stereocenters. The van der Waals surface area contributed by atoms with Crippen molar-refractivity contribution in [1.82, 2.24) is 10.4 Å². The molecule has 0 aliphatic rings. The largest absolute Gasteiger partial charge is 0.271 e. The Morgan fingerprint density at radius 2 is 2.35 bits per heavy atom. The third-order valence-electron chi connectivity index (χ3n) is 2.44. The maximum Gasteiger partial charge on any atom is 0.142 e. The first kappa shape index (κ1) is 12.4. The number of nitrogens with two attached hydrogens (primary N) is 1. The summed E-state index contributed by atoms with van der Waals surface area (Å²) in [5, 5.41) is 0.113. The van der Waals surface area contributed by atoms with E-state index in [1.807, 2.05) is 0 Å².